The molecule has 38 heavy (non-hydrogen) atoms. The zero-order chi connectivity index (χ0) is 27.4. The Morgan fingerprint density at radius 3 is 2.53 bits per heavy atom. The lowest BCUT2D eigenvalue weighted by Crippen LogP contribution is -2.51. The van der Waals surface area contributed by atoms with Crippen molar-refractivity contribution in [2.45, 2.75) is 44.2 Å². The average molecular weight is 542 g/mol. The van der Waals surface area contributed by atoms with E-state index in [1.54, 1.807) is 6.92 Å². The number of aryl methyl sites for hydroxylation is 1. The highest BCUT2D eigenvalue weighted by molar-refractivity contribution is 7.89. The molecule has 12 heteroatoms. The van der Waals surface area contributed by atoms with E-state index in [0.29, 0.717) is 16.7 Å². The molecule has 4 aromatic rings. The third-order valence-electron chi connectivity index (χ3n) is 6.14. The fourth-order valence-corrected chi connectivity index (χ4v) is 5.82. The van der Waals surface area contributed by atoms with Crippen molar-refractivity contribution in [3.05, 3.63) is 71.6 Å². The number of carbonyl (C=O) groups excluding carboxylic acids is 1. The Morgan fingerprint density at radius 1 is 1.13 bits per heavy atom. The number of rotatable bonds is 11. The first-order valence-electron chi connectivity index (χ1n) is 12.2. The van der Waals surface area contributed by atoms with Crippen LogP contribution in [-0.2, 0) is 16.4 Å². The lowest BCUT2D eigenvalue weighted by atomic mass is 10.0. The minimum Gasteiger partial charge on any atom is -0.390 e. The number of anilines is 1. The SMILES string of the molecule is Cc1oncc1C(=O)NC(Cc1ccccc1)C(O)CN(CC(C)C)S(=O)(=O)c1ccc2onc(N)c2c1. The number of aromatic nitrogens is 2. The van der Waals surface area contributed by atoms with E-state index in [4.69, 9.17) is 14.8 Å². The number of nitrogens with two attached hydrogens (primary N) is 1. The lowest BCUT2D eigenvalue weighted by Gasteiger charge is -2.30. The second-order valence-corrected chi connectivity index (χ2v) is 11.5. The van der Waals surface area contributed by atoms with Crippen LogP contribution in [0.3, 0.4) is 0 Å². The van der Waals surface area contributed by atoms with E-state index in [0.717, 1.165) is 5.56 Å². The lowest BCUT2D eigenvalue weighted by molar-refractivity contribution is 0.0774. The van der Waals surface area contributed by atoms with Gasteiger partial charge in [-0.2, -0.15) is 4.31 Å². The van der Waals surface area contributed by atoms with Crippen molar-refractivity contribution < 1.29 is 27.4 Å². The van der Waals surface area contributed by atoms with Gasteiger partial charge in [-0.25, -0.2) is 8.42 Å². The van der Waals surface area contributed by atoms with E-state index in [9.17, 15) is 18.3 Å². The molecule has 0 fully saturated rings. The van der Waals surface area contributed by atoms with Crippen LogP contribution in [0.1, 0.15) is 35.5 Å². The molecule has 2 aromatic heterocycles. The van der Waals surface area contributed by atoms with E-state index >= 15 is 0 Å². The van der Waals surface area contributed by atoms with Crippen LogP contribution in [0.25, 0.3) is 11.0 Å². The molecule has 4 rings (SSSR count). The number of amides is 1. The van der Waals surface area contributed by atoms with Gasteiger partial charge in [0.25, 0.3) is 5.91 Å². The molecule has 2 aromatic carbocycles. The summed E-state index contributed by atoms with van der Waals surface area (Å²) in [7, 11) is -4.05. The van der Waals surface area contributed by atoms with Gasteiger partial charge in [0.15, 0.2) is 11.4 Å². The Hall–Kier alpha value is -3.74. The summed E-state index contributed by atoms with van der Waals surface area (Å²) in [6.07, 6.45) is 0.340. The van der Waals surface area contributed by atoms with Crippen molar-refractivity contribution in [1.82, 2.24) is 19.9 Å². The van der Waals surface area contributed by atoms with Gasteiger partial charge in [-0.15, -0.1) is 0 Å². The molecule has 2 heterocycles. The molecule has 1 amide bonds. The highest BCUT2D eigenvalue weighted by Crippen LogP contribution is 2.26. The first-order valence-corrected chi connectivity index (χ1v) is 13.6. The standard InChI is InChI=1S/C26H31N5O6S/c1-16(2)14-31(38(34,35)19-9-10-24-20(12-19)25(27)30-37-24)15-23(32)22(11-18-7-5-4-6-8-18)29-26(33)21-13-28-36-17(21)3/h4-10,12-13,16,22-23,32H,11,14-15H2,1-3H3,(H2,27,30)(H,29,33). The molecule has 0 radical (unpaired) electrons. The predicted molar refractivity (Wildman–Crippen MR) is 141 cm³/mol. The second-order valence-electron chi connectivity index (χ2n) is 9.57. The summed E-state index contributed by atoms with van der Waals surface area (Å²) in [5, 5.41) is 21.9. The molecule has 0 bridgehead atoms. The fraction of sp³-hybridized carbons (Fsp3) is 0.346. The van der Waals surface area contributed by atoms with Gasteiger partial charge >= 0.3 is 0 Å². The Morgan fingerprint density at radius 2 is 1.87 bits per heavy atom. The van der Waals surface area contributed by atoms with Crippen LogP contribution < -0.4 is 11.1 Å². The minimum atomic E-state index is -4.05. The number of aliphatic hydroxyl groups is 1. The smallest absolute Gasteiger partial charge is 0.256 e. The number of aliphatic hydroxyl groups excluding tert-OH is 1. The summed E-state index contributed by atoms with van der Waals surface area (Å²) < 4.78 is 38.8. The number of hydrogen-bond donors (Lipinski definition) is 3. The largest absolute Gasteiger partial charge is 0.390 e. The van der Waals surface area contributed by atoms with Gasteiger partial charge in [0.2, 0.25) is 10.0 Å². The van der Waals surface area contributed by atoms with Crippen LogP contribution in [0.4, 0.5) is 5.82 Å². The molecule has 0 aliphatic heterocycles. The molecule has 202 valence electrons. The van der Waals surface area contributed by atoms with Gasteiger partial charge in [0, 0.05) is 13.1 Å². The summed E-state index contributed by atoms with van der Waals surface area (Å²) in [5.74, 6) is -0.0939. The highest BCUT2D eigenvalue weighted by Gasteiger charge is 2.32. The number of sulfonamides is 1. The molecule has 0 aliphatic carbocycles. The van der Waals surface area contributed by atoms with Crippen molar-refractivity contribution in [2.75, 3.05) is 18.8 Å². The molecule has 0 aliphatic rings. The molecule has 2 unspecified atom stereocenters. The maximum absolute atomic E-state index is 13.7. The quantitative estimate of drug-likeness (QED) is 0.259. The minimum absolute atomic E-state index is 0.00325. The van der Waals surface area contributed by atoms with Crippen molar-refractivity contribution in [3.63, 3.8) is 0 Å². The summed E-state index contributed by atoms with van der Waals surface area (Å²) in [4.78, 5) is 13.0. The Balaban J connectivity index is 1.63. The molecular formula is C26H31N5O6S. The van der Waals surface area contributed by atoms with Gasteiger partial charge in [-0.3, -0.25) is 4.79 Å². The number of benzene rings is 2. The Kier molecular flexibility index (Phi) is 8.14. The monoisotopic (exact) mass is 541 g/mol. The summed E-state index contributed by atoms with van der Waals surface area (Å²) in [6.45, 7) is 5.27. The maximum atomic E-state index is 13.7. The van der Waals surface area contributed by atoms with Crippen molar-refractivity contribution in [3.8, 4) is 0 Å². The fourth-order valence-electron chi connectivity index (χ4n) is 4.17. The molecule has 11 nitrogen and oxygen atoms in total. The second kappa shape index (κ2) is 11.3. The van der Waals surface area contributed by atoms with Gasteiger partial charge in [-0.1, -0.05) is 54.5 Å². The Labute approximate surface area is 220 Å². The van der Waals surface area contributed by atoms with E-state index in [1.165, 1.54) is 28.7 Å². The number of nitrogens with one attached hydrogen (secondary N) is 1. The molecule has 0 spiro atoms. The van der Waals surface area contributed by atoms with Crippen LogP contribution >= 0.6 is 0 Å². The number of fused-ring (bicyclic) bond motifs is 1. The van der Waals surface area contributed by atoms with Crippen molar-refractivity contribution >= 4 is 32.7 Å². The van der Waals surface area contributed by atoms with E-state index in [1.807, 2.05) is 44.2 Å². The zero-order valence-electron chi connectivity index (χ0n) is 21.4. The summed E-state index contributed by atoms with van der Waals surface area (Å²) in [6, 6.07) is 12.8. The Bertz CT molecular complexity index is 1500. The van der Waals surface area contributed by atoms with Crippen LogP contribution in [-0.4, -0.2) is 59.3 Å². The molecule has 0 saturated heterocycles. The van der Waals surface area contributed by atoms with Crippen molar-refractivity contribution in [2.24, 2.45) is 5.92 Å². The number of hydrogen-bond acceptors (Lipinski definition) is 9. The van der Waals surface area contributed by atoms with E-state index in [-0.39, 0.29) is 41.7 Å². The third kappa shape index (κ3) is 6.04. The molecule has 4 N–H and O–H groups in total. The van der Waals surface area contributed by atoms with Crippen molar-refractivity contribution in [1.29, 1.82) is 0 Å². The first kappa shape index (κ1) is 27.3. The van der Waals surface area contributed by atoms with Gasteiger partial charge in [0.1, 0.15) is 11.3 Å². The highest BCUT2D eigenvalue weighted by atomic mass is 32.2. The first-order chi connectivity index (χ1) is 18.1. The normalized spacial score (nSPS) is 13.7. The van der Waals surface area contributed by atoms with E-state index < -0.39 is 28.1 Å². The molecule has 0 saturated carbocycles. The van der Waals surface area contributed by atoms with E-state index in [2.05, 4.69) is 15.6 Å². The third-order valence-corrected chi connectivity index (χ3v) is 7.97. The predicted octanol–water partition coefficient (Wildman–Crippen LogP) is 2.76. The summed E-state index contributed by atoms with van der Waals surface area (Å²) >= 11 is 0. The molecule has 2 atom stereocenters. The number of carbonyl (C=O) groups is 1. The van der Waals surface area contributed by atoms with Crippen LogP contribution in [0, 0.1) is 12.8 Å². The van der Waals surface area contributed by atoms with Crippen LogP contribution in [0.5, 0.6) is 0 Å². The number of nitrogen functional groups attached to an aromatic ring is 1. The van der Waals surface area contributed by atoms with Gasteiger partial charge in [-0.05, 0) is 43.0 Å². The van der Waals surface area contributed by atoms with Gasteiger partial charge < -0.3 is 25.2 Å². The molecular weight excluding hydrogens is 510 g/mol. The topological polar surface area (TPSA) is 165 Å². The number of nitrogens with zero attached hydrogens (tertiary/aromatic N) is 3. The van der Waals surface area contributed by atoms with Gasteiger partial charge in [0.05, 0.1) is 28.6 Å². The summed E-state index contributed by atoms with van der Waals surface area (Å²) in [5.41, 5.74) is 7.30. The average Bonchev–Trinajstić information content (AvgIpc) is 3.48. The van der Waals surface area contributed by atoms with Crippen LogP contribution in [0.2, 0.25) is 0 Å². The maximum Gasteiger partial charge on any atom is 0.256 e. The zero-order valence-corrected chi connectivity index (χ0v) is 22.2. The van der Waals surface area contributed by atoms with Crippen LogP contribution in [0.15, 0.2) is 68.7 Å².